The van der Waals surface area contributed by atoms with Gasteiger partial charge in [-0.05, 0) is 36.2 Å². The second-order valence-electron chi connectivity index (χ2n) is 6.17. The van der Waals surface area contributed by atoms with E-state index >= 15 is 0 Å². The van der Waals surface area contributed by atoms with E-state index in [2.05, 4.69) is 15.2 Å². The highest BCUT2D eigenvalue weighted by atomic mass is 35.5. The predicted octanol–water partition coefficient (Wildman–Crippen LogP) is 3.25. The molecule has 1 N–H and O–H groups in total. The Labute approximate surface area is 154 Å². The molecule has 3 aromatic rings. The second-order valence-corrected chi connectivity index (χ2v) is 6.61. The van der Waals surface area contributed by atoms with E-state index in [1.54, 1.807) is 30.6 Å². The maximum Gasteiger partial charge on any atom is 0.238 e. The third-order valence-electron chi connectivity index (χ3n) is 4.42. The van der Waals surface area contributed by atoms with Gasteiger partial charge in [-0.1, -0.05) is 23.7 Å². The van der Waals surface area contributed by atoms with E-state index in [9.17, 15) is 9.59 Å². The number of hydrogen-bond donors (Lipinski definition) is 1. The molecule has 3 heterocycles. The molecule has 6 nitrogen and oxygen atoms in total. The summed E-state index contributed by atoms with van der Waals surface area (Å²) in [7, 11) is 0. The number of benzene rings is 1. The third-order valence-corrected chi connectivity index (χ3v) is 4.67. The van der Waals surface area contributed by atoms with Gasteiger partial charge in [-0.3, -0.25) is 19.7 Å². The fraction of sp³-hybridized carbons (Fsp3) is 0.158. The van der Waals surface area contributed by atoms with Crippen LogP contribution in [0.2, 0.25) is 5.02 Å². The van der Waals surface area contributed by atoms with Gasteiger partial charge in [0.05, 0.1) is 11.6 Å². The first-order chi connectivity index (χ1) is 12.6. The Bertz CT molecular complexity index is 953. The highest BCUT2D eigenvalue weighted by Gasteiger charge is 2.40. The summed E-state index contributed by atoms with van der Waals surface area (Å²) in [5.41, 5.74) is 2.49. The molecule has 0 bridgehead atoms. The number of aromatic amines is 1. The average molecular weight is 367 g/mol. The maximum atomic E-state index is 12.8. The first kappa shape index (κ1) is 16.5. The van der Waals surface area contributed by atoms with Gasteiger partial charge in [-0.25, -0.2) is 4.90 Å². The molecule has 0 saturated carbocycles. The van der Waals surface area contributed by atoms with Crippen molar-refractivity contribution in [2.45, 2.75) is 12.8 Å². The second kappa shape index (κ2) is 6.72. The van der Waals surface area contributed by atoms with E-state index in [1.165, 1.54) is 4.90 Å². The van der Waals surface area contributed by atoms with Crippen LogP contribution in [0.25, 0.3) is 11.3 Å². The van der Waals surface area contributed by atoms with Crippen molar-refractivity contribution in [3.05, 3.63) is 65.4 Å². The van der Waals surface area contributed by atoms with Gasteiger partial charge in [-0.2, -0.15) is 5.10 Å². The molecular formula is C19H15ClN4O2. The van der Waals surface area contributed by atoms with Crippen LogP contribution in [0.15, 0.2) is 54.9 Å². The first-order valence-corrected chi connectivity index (χ1v) is 8.56. The molecule has 4 rings (SSSR count). The Kier molecular flexibility index (Phi) is 4.26. The Morgan fingerprint density at radius 3 is 2.58 bits per heavy atom. The molecule has 1 aromatic carbocycles. The summed E-state index contributed by atoms with van der Waals surface area (Å²) < 4.78 is 0. The van der Waals surface area contributed by atoms with Gasteiger partial charge >= 0.3 is 0 Å². The predicted molar refractivity (Wildman–Crippen MR) is 97.6 cm³/mol. The number of carbonyl (C=O) groups is 2. The standard InChI is InChI=1S/C19H15ClN4O2/c20-15-3-1-12(2-4-15)9-14-10-18(25)24(19(14)26)17-11-16(22-23-17)13-5-7-21-8-6-13/h1-8,11,14H,9-10H2,(H,22,23)/t14-/m1/s1. The van der Waals surface area contributed by atoms with Crippen molar-refractivity contribution in [1.82, 2.24) is 15.2 Å². The normalized spacial score (nSPS) is 17.1. The van der Waals surface area contributed by atoms with Crippen molar-refractivity contribution in [2.24, 2.45) is 5.92 Å². The Hall–Kier alpha value is -2.99. The van der Waals surface area contributed by atoms with Crippen molar-refractivity contribution in [3.63, 3.8) is 0 Å². The number of halogens is 1. The lowest BCUT2D eigenvalue weighted by Crippen LogP contribution is -2.31. The van der Waals surface area contributed by atoms with Crippen LogP contribution in [0.4, 0.5) is 5.82 Å². The molecule has 0 unspecified atom stereocenters. The zero-order valence-corrected chi connectivity index (χ0v) is 14.5. The summed E-state index contributed by atoms with van der Waals surface area (Å²) in [4.78, 5) is 30.3. The fourth-order valence-corrected chi connectivity index (χ4v) is 3.24. The average Bonchev–Trinajstić information content (AvgIpc) is 3.23. The quantitative estimate of drug-likeness (QED) is 0.719. The Morgan fingerprint density at radius 2 is 1.85 bits per heavy atom. The van der Waals surface area contributed by atoms with Crippen molar-refractivity contribution >= 4 is 29.2 Å². The molecule has 26 heavy (non-hydrogen) atoms. The Balaban J connectivity index is 1.54. The fourth-order valence-electron chi connectivity index (χ4n) is 3.11. The number of nitrogens with zero attached hydrogens (tertiary/aromatic N) is 3. The van der Waals surface area contributed by atoms with Gasteiger partial charge in [0, 0.05) is 35.5 Å². The number of anilines is 1. The maximum absolute atomic E-state index is 12.8. The molecule has 0 radical (unpaired) electrons. The zero-order chi connectivity index (χ0) is 18.1. The van der Waals surface area contributed by atoms with Crippen LogP contribution in [0.3, 0.4) is 0 Å². The minimum atomic E-state index is -0.378. The van der Waals surface area contributed by atoms with Gasteiger partial charge < -0.3 is 0 Å². The molecule has 2 aromatic heterocycles. The topological polar surface area (TPSA) is 79.0 Å². The summed E-state index contributed by atoms with van der Waals surface area (Å²) in [5.74, 6) is -0.421. The number of carbonyl (C=O) groups excluding carboxylic acids is 2. The summed E-state index contributed by atoms with van der Waals surface area (Å²) in [6.45, 7) is 0. The lowest BCUT2D eigenvalue weighted by molar-refractivity contribution is -0.122. The van der Waals surface area contributed by atoms with E-state index in [0.29, 0.717) is 23.0 Å². The van der Waals surface area contributed by atoms with E-state index in [0.717, 1.165) is 11.1 Å². The minimum absolute atomic E-state index is 0.186. The van der Waals surface area contributed by atoms with Crippen molar-refractivity contribution in [1.29, 1.82) is 0 Å². The number of aromatic nitrogens is 3. The summed E-state index contributed by atoms with van der Waals surface area (Å²) in [5, 5.41) is 7.64. The molecule has 1 aliphatic heterocycles. The summed E-state index contributed by atoms with van der Waals surface area (Å²) in [6, 6.07) is 12.7. The Morgan fingerprint density at radius 1 is 1.12 bits per heavy atom. The van der Waals surface area contributed by atoms with Crippen LogP contribution in [-0.4, -0.2) is 27.0 Å². The van der Waals surface area contributed by atoms with Crippen LogP contribution in [0.1, 0.15) is 12.0 Å². The van der Waals surface area contributed by atoms with Crippen LogP contribution in [0.5, 0.6) is 0 Å². The number of nitrogens with one attached hydrogen (secondary N) is 1. The van der Waals surface area contributed by atoms with Crippen LogP contribution < -0.4 is 4.90 Å². The first-order valence-electron chi connectivity index (χ1n) is 8.19. The molecule has 1 atom stereocenters. The molecule has 2 amide bonds. The minimum Gasteiger partial charge on any atom is -0.274 e. The van der Waals surface area contributed by atoms with E-state index in [-0.39, 0.29) is 24.2 Å². The molecule has 1 saturated heterocycles. The van der Waals surface area contributed by atoms with Crippen molar-refractivity contribution in [3.8, 4) is 11.3 Å². The largest absolute Gasteiger partial charge is 0.274 e. The van der Waals surface area contributed by atoms with Gasteiger partial charge in [0.15, 0.2) is 0 Å². The van der Waals surface area contributed by atoms with Gasteiger partial charge in [0.1, 0.15) is 5.82 Å². The number of amides is 2. The highest BCUT2D eigenvalue weighted by molar-refractivity contribution is 6.30. The van der Waals surface area contributed by atoms with Gasteiger partial charge in [-0.15, -0.1) is 0 Å². The van der Waals surface area contributed by atoms with Crippen LogP contribution >= 0.6 is 11.6 Å². The zero-order valence-electron chi connectivity index (χ0n) is 13.7. The van der Waals surface area contributed by atoms with Crippen LogP contribution in [-0.2, 0) is 16.0 Å². The molecule has 7 heteroatoms. The van der Waals surface area contributed by atoms with E-state index < -0.39 is 0 Å². The van der Waals surface area contributed by atoms with Gasteiger partial charge in [0.25, 0.3) is 0 Å². The highest BCUT2D eigenvalue weighted by Crippen LogP contribution is 2.30. The summed E-state index contributed by atoms with van der Waals surface area (Å²) in [6.07, 6.45) is 4.02. The van der Waals surface area contributed by atoms with Crippen molar-refractivity contribution in [2.75, 3.05) is 4.90 Å². The molecule has 1 aliphatic rings. The lowest BCUT2D eigenvalue weighted by Gasteiger charge is -2.12. The number of hydrogen-bond acceptors (Lipinski definition) is 4. The van der Waals surface area contributed by atoms with Crippen molar-refractivity contribution < 1.29 is 9.59 Å². The molecular weight excluding hydrogens is 352 g/mol. The number of imide groups is 1. The van der Waals surface area contributed by atoms with E-state index in [1.807, 2.05) is 24.3 Å². The molecule has 0 aliphatic carbocycles. The number of rotatable bonds is 4. The van der Waals surface area contributed by atoms with E-state index in [4.69, 9.17) is 11.6 Å². The van der Waals surface area contributed by atoms with Crippen LogP contribution in [0, 0.1) is 5.92 Å². The monoisotopic (exact) mass is 366 g/mol. The lowest BCUT2D eigenvalue weighted by atomic mass is 9.98. The SMILES string of the molecule is O=C1C[C@@H](Cc2ccc(Cl)cc2)C(=O)N1c1cc(-c2ccncc2)n[nH]1. The molecule has 0 spiro atoms. The molecule has 130 valence electrons. The van der Waals surface area contributed by atoms with Gasteiger partial charge in [0.2, 0.25) is 11.8 Å². The number of pyridine rings is 1. The number of H-pyrrole nitrogens is 1. The smallest absolute Gasteiger partial charge is 0.238 e. The third kappa shape index (κ3) is 3.11. The summed E-state index contributed by atoms with van der Waals surface area (Å²) >= 11 is 5.89. The molecule has 1 fully saturated rings.